The van der Waals surface area contributed by atoms with E-state index in [1.165, 1.54) is 6.20 Å². The molecule has 0 aromatic heterocycles. The quantitative estimate of drug-likeness (QED) is 0.677. The summed E-state index contributed by atoms with van der Waals surface area (Å²) in [5.41, 5.74) is 15.2. The average Bonchev–Trinajstić information content (AvgIpc) is 2.35. The Morgan fingerprint density at radius 1 is 1.39 bits per heavy atom. The monoisotopic (exact) mass is 260 g/mol. The van der Waals surface area contributed by atoms with E-state index in [0.717, 1.165) is 11.1 Å². The largest absolute Gasteiger partial charge is 0.404 e. The molecule has 92 valence electrons. The zero-order valence-electron chi connectivity index (χ0n) is 9.87. The third-order valence-corrected chi connectivity index (χ3v) is 3.00. The van der Waals surface area contributed by atoms with Crippen LogP contribution in [-0.2, 0) is 0 Å². The van der Waals surface area contributed by atoms with E-state index in [1.54, 1.807) is 6.08 Å². The van der Waals surface area contributed by atoms with Crippen molar-refractivity contribution in [1.29, 1.82) is 5.41 Å². The van der Waals surface area contributed by atoms with Crippen LogP contribution >= 0.6 is 11.6 Å². The third kappa shape index (κ3) is 2.15. The summed E-state index contributed by atoms with van der Waals surface area (Å²) in [5, 5.41) is 7.85. The van der Waals surface area contributed by atoms with Crippen molar-refractivity contribution in [3.8, 4) is 0 Å². The molecule has 0 unspecified atom stereocenters. The Labute approximate surface area is 110 Å². The number of anilines is 1. The van der Waals surface area contributed by atoms with E-state index in [9.17, 15) is 0 Å². The van der Waals surface area contributed by atoms with Gasteiger partial charge in [0.05, 0.1) is 5.70 Å². The topological polar surface area (TPSA) is 88.2 Å². The van der Waals surface area contributed by atoms with Crippen LogP contribution in [-0.4, -0.2) is 10.9 Å². The lowest BCUT2D eigenvalue weighted by molar-refractivity contribution is 1.37. The minimum Gasteiger partial charge on any atom is -0.404 e. The predicted octanol–water partition coefficient (Wildman–Crippen LogP) is 2.43. The molecule has 1 heterocycles. The zero-order valence-corrected chi connectivity index (χ0v) is 10.6. The predicted molar refractivity (Wildman–Crippen MR) is 76.9 cm³/mol. The standard InChI is InChI=1S/C13H13ClN4/c1-7-2-3-9(16)5-10(7)11-4-8(6-15)12(17)13(14)18-11/h2-6,17H,15-16H2,1H3/b8-6-,17-12?. The number of benzene rings is 1. The first kappa shape index (κ1) is 12.4. The molecule has 4 nitrogen and oxygen atoms in total. The maximum atomic E-state index is 7.72. The summed E-state index contributed by atoms with van der Waals surface area (Å²) >= 11 is 5.93. The van der Waals surface area contributed by atoms with Gasteiger partial charge >= 0.3 is 0 Å². The van der Waals surface area contributed by atoms with Gasteiger partial charge in [-0.15, -0.1) is 0 Å². The molecule has 0 saturated heterocycles. The average molecular weight is 261 g/mol. The van der Waals surface area contributed by atoms with Gasteiger partial charge in [0, 0.05) is 23.0 Å². The van der Waals surface area contributed by atoms with E-state index >= 15 is 0 Å². The first-order valence-corrected chi connectivity index (χ1v) is 5.74. The number of hydrogen-bond donors (Lipinski definition) is 3. The zero-order chi connectivity index (χ0) is 13.3. The number of allylic oxidation sites excluding steroid dienone is 2. The molecule has 1 aromatic carbocycles. The molecule has 0 saturated carbocycles. The number of nitrogens with one attached hydrogen (secondary N) is 1. The second kappa shape index (κ2) is 4.66. The number of nitrogen functional groups attached to an aromatic ring is 1. The van der Waals surface area contributed by atoms with Crippen LogP contribution in [0.4, 0.5) is 5.69 Å². The lowest BCUT2D eigenvalue weighted by Crippen LogP contribution is -2.14. The van der Waals surface area contributed by atoms with Gasteiger partial charge in [0.1, 0.15) is 5.71 Å². The van der Waals surface area contributed by atoms with Crippen LogP contribution in [0, 0.1) is 12.3 Å². The van der Waals surface area contributed by atoms with E-state index in [2.05, 4.69) is 4.99 Å². The van der Waals surface area contributed by atoms with E-state index < -0.39 is 0 Å². The number of hydrogen-bond acceptors (Lipinski definition) is 4. The smallest absolute Gasteiger partial charge is 0.155 e. The molecular formula is C13H13ClN4. The van der Waals surface area contributed by atoms with Crippen molar-refractivity contribution in [3.05, 3.63) is 47.2 Å². The lowest BCUT2D eigenvalue weighted by atomic mass is 10.00. The molecule has 0 atom stereocenters. The lowest BCUT2D eigenvalue weighted by Gasteiger charge is -2.14. The van der Waals surface area contributed by atoms with Gasteiger partial charge < -0.3 is 11.5 Å². The minimum atomic E-state index is 0.129. The van der Waals surface area contributed by atoms with Crippen molar-refractivity contribution in [2.24, 2.45) is 10.7 Å². The van der Waals surface area contributed by atoms with Gasteiger partial charge in [-0.3, -0.25) is 5.41 Å². The van der Waals surface area contributed by atoms with Crippen molar-refractivity contribution in [1.82, 2.24) is 0 Å². The van der Waals surface area contributed by atoms with Crippen molar-refractivity contribution in [2.75, 3.05) is 5.73 Å². The van der Waals surface area contributed by atoms with E-state index in [0.29, 0.717) is 17.0 Å². The molecule has 1 aromatic rings. The summed E-state index contributed by atoms with van der Waals surface area (Å²) in [4.78, 5) is 4.20. The van der Waals surface area contributed by atoms with Crippen LogP contribution in [0.2, 0.25) is 0 Å². The molecule has 0 aliphatic carbocycles. The molecule has 5 heteroatoms. The first-order valence-electron chi connectivity index (χ1n) is 5.36. The molecule has 2 rings (SSSR count). The highest BCUT2D eigenvalue weighted by Crippen LogP contribution is 2.27. The van der Waals surface area contributed by atoms with Crippen molar-refractivity contribution < 1.29 is 0 Å². The Balaban J connectivity index is 2.58. The van der Waals surface area contributed by atoms with Gasteiger partial charge in [0.15, 0.2) is 5.17 Å². The molecular weight excluding hydrogens is 248 g/mol. The second-order valence-corrected chi connectivity index (χ2v) is 4.36. The fourth-order valence-electron chi connectivity index (χ4n) is 1.72. The SMILES string of the molecule is Cc1ccc(N)cc1C1=C/C(=C/N)C(=N)C(Cl)=N1. The van der Waals surface area contributed by atoms with E-state index in [1.807, 2.05) is 25.1 Å². The Morgan fingerprint density at radius 3 is 2.78 bits per heavy atom. The molecule has 1 aliphatic rings. The van der Waals surface area contributed by atoms with Gasteiger partial charge in [-0.05, 0) is 30.7 Å². The molecule has 0 fully saturated rings. The second-order valence-electron chi connectivity index (χ2n) is 4.00. The molecule has 1 aliphatic heterocycles. The minimum absolute atomic E-state index is 0.129. The van der Waals surface area contributed by atoms with Crippen molar-refractivity contribution in [2.45, 2.75) is 6.92 Å². The number of aliphatic imine (C=N–C) groups is 1. The molecule has 0 radical (unpaired) electrons. The van der Waals surface area contributed by atoms with Crippen LogP contribution in [0.1, 0.15) is 11.1 Å². The summed E-state index contributed by atoms with van der Waals surface area (Å²) < 4.78 is 0. The summed E-state index contributed by atoms with van der Waals surface area (Å²) in [6.45, 7) is 1.96. The normalized spacial score (nSPS) is 17.7. The van der Waals surface area contributed by atoms with E-state index in [-0.39, 0.29) is 10.9 Å². The highest BCUT2D eigenvalue weighted by atomic mass is 35.5. The summed E-state index contributed by atoms with van der Waals surface area (Å²) in [6.07, 6.45) is 3.08. The fraction of sp³-hybridized carbons (Fsp3) is 0.0769. The van der Waals surface area contributed by atoms with Gasteiger partial charge in [-0.2, -0.15) is 0 Å². The number of nitrogens with two attached hydrogens (primary N) is 2. The number of nitrogens with zero attached hydrogens (tertiary/aromatic N) is 1. The first-order chi connectivity index (χ1) is 8.52. The highest BCUT2D eigenvalue weighted by molar-refractivity contribution is 6.86. The molecule has 0 amide bonds. The molecule has 0 spiro atoms. The molecule has 0 bridgehead atoms. The Hall–Kier alpha value is -2.07. The summed E-state index contributed by atoms with van der Waals surface area (Å²) in [5.74, 6) is 0. The van der Waals surface area contributed by atoms with Crippen molar-refractivity contribution in [3.63, 3.8) is 0 Å². The summed E-state index contributed by atoms with van der Waals surface area (Å²) in [6, 6.07) is 5.58. The Morgan fingerprint density at radius 2 is 2.11 bits per heavy atom. The molecule has 5 N–H and O–H groups in total. The van der Waals surface area contributed by atoms with Crippen LogP contribution in [0.25, 0.3) is 5.70 Å². The number of aryl methyl sites for hydroxylation is 1. The van der Waals surface area contributed by atoms with Gasteiger partial charge in [0.25, 0.3) is 0 Å². The van der Waals surface area contributed by atoms with E-state index in [4.69, 9.17) is 28.5 Å². The van der Waals surface area contributed by atoms with Crippen LogP contribution in [0.15, 0.2) is 41.0 Å². The summed E-state index contributed by atoms with van der Waals surface area (Å²) in [7, 11) is 0. The number of rotatable bonds is 1. The van der Waals surface area contributed by atoms with Crippen molar-refractivity contribution >= 4 is 33.9 Å². The van der Waals surface area contributed by atoms with Gasteiger partial charge in [0.2, 0.25) is 0 Å². The molecule has 18 heavy (non-hydrogen) atoms. The van der Waals surface area contributed by atoms with Gasteiger partial charge in [-0.25, -0.2) is 4.99 Å². The fourth-order valence-corrected chi connectivity index (χ4v) is 1.92. The third-order valence-electron chi connectivity index (χ3n) is 2.72. The number of halogens is 1. The van der Waals surface area contributed by atoms with Crippen LogP contribution < -0.4 is 11.5 Å². The maximum absolute atomic E-state index is 7.72. The maximum Gasteiger partial charge on any atom is 0.155 e. The van der Waals surface area contributed by atoms with Gasteiger partial charge in [-0.1, -0.05) is 17.7 Å². The van der Waals surface area contributed by atoms with Crippen LogP contribution in [0.3, 0.4) is 0 Å². The van der Waals surface area contributed by atoms with Crippen LogP contribution in [0.5, 0.6) is 0 Å². The Kier molecular flexibility index (Phi) is 3.21. The highest BCUT2D eigenvalue weighted by Gasteiger charge is 2.17. The Bertz CT molecular complexity index is 611.